The molecule has 1 aliphatic heterocycles. The Kier molecular flexibility index (Phi) is 4.72. The number of thioether (sulfide) groups is 1. The van der Waals surface area contributed by atoms with Crippen molar-refractivity contribution in [3.05, 3.63) is 46.3 Å². The monoisotopic (exact) mass is 281 g/mol. The molecule has 0 aromatic heterocycles. The Morgan fingerprint density at radius 1 is 1.39 bits per heavy atom. The molecule has 0 saturated heterocycles. The molecule has 0 radical (unpaired) electrons. The second kappa shape index (κ2) is 6.30. The lowest BCUT2D eigenvalue weighted by atomic mass is 9.95. The molecular weight excluding hydrogens is 266 g/mol. The topological polar surface area (TPSA) is 29.1 Å². The number of hydrogen-bond donors (Lipinski definition) is 1. The molecule has 18 heavy (non-hydrogen) atoms. The van der Waals surface area contributed by atoms with Gasteiger partial charge in [0.25, 0.3) is 0 Å². The first kappa shape index (κ1) is 13.5. The standard InChI is InChI=1S/C14H16ClNOS/c1-2-16-13(17)9-11-7-8-18-14(11)10-3-5-12(15)6-4-10/h3-8,11,14H,2,9H2,1H3,(H,16,17). The van der Waals surface area contributed by atoms with Crippen molar-refractivity contribution in [2.24, 2.45) is 5.92 Å². The maximum absolute atomic E-state index is 11.7. The Bertz CT molecular complexity index is 444. The van der Waals surface area contributed by atoms with Crippen LogP contribution in [0.15, 0.2) is 35.7 Å². The maximum atomic E-state index is 11.7. The smallest absolute Gasteiger partial charge is 0.220 e. The molecule has 0 bridgehead atoms. The molecule has 1 aromatic rings. The van der Waals surface area contributed by atoms with E-state index >= 15 is 0 Å². The Hall–Kier alpha value is -0.930. The quantitative estimate of drug-likeness (QED) is 0.910. The van der Waals surface area contributed by atoms with E-state index in [2.05, 4.69) is 16.8 Å². The van der Waals surface area contributed by atoms with Crippen LogP contribution in [0.25, 0.3) is 0 Å². The highest BCUT2D eigenvalue weighted by Gasteiger charge is 2.27. The van der Waals surface area contributed by atoms with Crippen molar-refractivity contribution in [3.8, 4) is 0 Å². The van der Waals surface area contributed by atoms with Crippen LogP contribution < -0.4 is 5.32 Å². The van der Waals surface area contributed by atoms with Crippen LogP contribution in [0.1, 0.15) is 24.2 Å². The van der Waals surface area contributed by atoms with E-state index in [0.29, 0.717) is 18.2 Å². The molecule has 2 rings (SSSR count). The highest BCUT2D eigenvalue weighted by molar-refractivity contribution is 8.02. The minimum absolute atomic E-state index is 0.119. The van der Waals surface area contributed by atoms with Crippen molar-refractivity contribution in [2.45, 2.75) is 18.6 Å². The Morgan fingerprint density at radius 2 is 2.11 bits per heavy atom. The molecule has 0 spiro atoms. The summed E-state index contributed by atoms with van der Waals surface area (Å²) in [5.74, 6) is 0.385. The maximum Gasteiger partial charge on any atom is 0.220 e. The summed E-state index contributed by atoms with van der Waals surface area (Å²) in [4.78, 5) is 11.7. The van der Waals surface area contributed by atoms with Gasteiger partial charge < -0.3 is 5.32 Å². The highest BCUT2D eigenvalue weighted by atomic mass is 35.5. The molecule has 1 amide bonds. The number of rotatable bonds is 4. The summed E-state index contributed by atoms with van der Waals surface area (Å²) in [7, 11) is 0. The van der Waals surface area contributed by atoms with E-state index in [1.165, 1.54) is 5.56 Å². The predicted molar refractivity (Wildman–Crippen MR) is 77.7 cm³/mol. The Labute approximate surface area is 117 Å². The van der Waals surface area contributed by atoms with E-state index in [1.54, 1.807) is 11.8 Å². The van der Waals surface area contributed by atoms with Gasteiger partial charge in [-0.2, -0.15) is 0 Å². The molecule has 0 saturated carbocycles. The van der Waals surface area contributed by atoms with Crippen molar-refractivity contribution in [1.29, 1.82) is 0 Å². The molecule has 0 aliphatic carbocycles. The summed E-state index contributed by atoms with van der Waals surface area (Å²) in [6, 6.07) is 7.88. The van der Waals surface area contributed by atoms with Crippen LogP contribution in [0.4, 0.5) is 0 Å². The summed E-state index contributed by atoms with van der Waals surface area (Å²) >= 11 is 7.66. The minimum Gasteiger partial charge on any atom is -0.356 e. The number of carbonyl (C=O) groups is 1. The fraction of sp³-hybridized carbons (Fsp3) is 0.357. The van der Waals surface area contributed by atoms with Gasteiger partial charge in [0, 0.05) is 29.2 Å². The van der Waals surface area contributed by atoms with Gasteiger partial charge in [0.2, 0.25) is 5.91 Å². The van der Waals surface area contributed by atoms with Crippen LogP contribution in [0.5, 0.6) is 0 Å². The second-order valence-electron chi connectivity index (χ2n) is 4.26. The lowest BCUT2D eigenvalue weighted by Gasteiger charge is -2.18. The van der Waals surface area contributed by atoms with E-state index in [4.69, 9.17) is 11.6 Å². The molecule has 96 valence electrons. The second-order valence-corrected chi connectivity index (χ2v) is 5.75. The van der Waals surface area contributed by atoms with Gasteiger partial charge in [0.1, 0.15) is 0 Å². The Balaban J connectivity index is 2.04. The fourth-order valence-corrected chi connectivity index (χ4v) is 3.36. The fourth-order valence-electron chi connectivity index (χ4n) is 2.07. The summed E-state index contributed by atoms with van der Waals surface area (Å²) in [5, 5.41) is 6.01. The lowest BCUT2D eigenvalue weighted by molar-refractivity contribution is -0.121. The van der Waals surface area contributed by atoms with Crippen LogP contribution in [0, 0.1) is 5.92 Å². The van der Waals surface area contributed by atoms with Gasteiger partial charge in [-0.25, -0.2) is 0 Å². The van der Waals surface area contributed by atoms with Gasteiger partial charge in [-0.3, -0.25) is 4.79 Å². The Morgan fingerprint density at radius 3 is 2.78 bits per heavy atom. The predicted octanol–water partition coefficient (Wildman–Crippen LogP) is 3.78. The average molecular weight is 282 g/mol. The van der Waals surface area contributed by atoms with Crippen molar-refractivity contribution in [2.75, 3.05) is 6.54 Å². The van der Waals surface area contributed by atoms with Gasteiger partial charge in [0.15, 0.2) is 0 Å². The summed E-state index contributed by atoms with van der Waals surface area (Å²) < 4.78 is 0. The highest BCUT2D eigenvalue weighted by Crippen LogP contribution is 2.44. The third-order valence-corrected chi connectivity index (χ3v) is 4.41. The number of amides is 1. The largest absolute Gasteiger partial charge is 0.356 e. The minimum atomic E-state index is 0.119. The van der Waals surface area contributed by atoms with Crippen LogP contribution in [-0.4, -0.2) is 12.5 Å². The summed E-state index contributed by atoms with van der Waals surface area (Å²) in [5.41, 5.74) is 1.23. The summed E-state index contributed by atoms with van der Waals surface area (Å²) in [6.07, 6.45) is 2.67. The SMILES string of the molecule is CCNC(=O)CC1C=CSC1c1ccc(Cl)cc1. The molecule has 2 nitrogen and oxygen atoms in total. The van der Waals surface area contributed by atoms with E-state index in [9.17, 15) is 4.79 Å². The summed E-state index contributed by atoms with van der Waals surface area (Å²) in [6.45, 7) is 2.63. The molecule has 1 heterocycles. The molecular formula is C14H16ClNOS. The zero-order chi connectivity index (χ0) is 13.0. The zero-order valence-corrected chi connectivity index (χ0v) is 11.8. The van der Waals surface area contributed by atoms with E-state index in [0.717, 1.165) is 5.02 Å². The van der Waals surface area contributed by atoms with E-state index < -0.39 is 0 Å². The third kappa shape index (κ3) is 3.30. The number of hydrogen-bond acceptors (Lipinski definition) is 2. The molecule has 2 unspecified atom stereocenters. The van der Waals surface area contributed by atoms with Gasteiger partial charge in [-0.05, 0) is 30.0 Å². The van der Waals surface area contributed by atoms with Crippen LogP contribution in [0.3, 0.4) is 0 Å². The zero-order valence-electron chi connectivity index (χ0n) is 10.2. The number of allylic oxidation sites excluding steroid dienone is 1. The first-order valence-electron chi connectivity index (χ1n) is 6.05. The van der Waals surface area contributed by atoms with Crippen molar-refractivity contribution in [1.82, 2.24) is 5.32 Å². The molecule has 4 heteroatoms. The van der Waals surface area contributed by atoms with Gasteiger partial charge in [-0.15, -0.1) is 11.8 Å². The molecule has 1 aliphatic rings. The first-order valence-corrected chi connectivity index (χ1v) is 7.37. The molecule has 1 N–H and O–H groups in total. The van der Waals surface area contributed by atoms with Crippen LogP contribution in [0.2, 0.25) is 5.02 Å². The van der Waals surface area contributed by atoms with E-state index in [-0.39, 0.29) is 11.8 Å². The first-order chi connectivity index (χ1) is 8.70. The molecule has 0 fully saturated rings. The normalized spacial score (nSPS) is 22.1. The third-order valence-electron chi connectivity index (χ3n) is 2.93. The van der Waals surface area contributed by atoms with Gasteiger partial charge >= 0.3 is 0 Å². The van der Waals surface area contributed by atoms with Crippen LogP contribution in [-0.2, 0) is 4.79 Å². The average Bonchev–Trinajstić information content (AvgIpc) is 2.78. The number of halogens is 1. The number of carbonyl (C=O) groups excluding carboxylic acids is 1. The van der Waals surface area contributed by atoms with Crippen molar-refractivity contribution < 1.29 is 4.79 Å². The van der Waals surface area contributed by atoms with Crippen molar-refractivity contribution in [3.63, 3.8) is 0 Å². The van der Waals surface area contributed by atoms with E-state index in [1.807, 2.05) is 31.2 Å². The van der Waals surface area contributed by atoms with Crippen LogP contribution >= 0.6 is 23.4 Å². The number of nitrogens with one attached hydrogen (secondary N) is 1. The number of benzene rings is 1. The lowest BCUT2D eigenvalue weighted by Crippen LogP contribution is -2.25. The van der Waals surface area contributed by atoms with Crippen molar-refractivity contribution >= 4 is 29.3 Å². The van der Waals surface area contributed by atoms with Gasteiger partial charge in [-0.1, -0.05) is 29.8 Å². The molecule has 1 aromatic carbocycles. The van der Waals surface area contributed by atoms with Gasteiger partial charge in [0.05, 0.1) is 0 Å². The molecule has 2 atom stereocenters.